The number of nitrogens with zero attached hydrogens (tertiary/aromatic N) is 2. The summed E-state index contributed by atoms with van der Waals surface area (Å²) in [6, 6.07) is 12.5. The van der Waals surface area contributed by atoms with Crippen LogP contribution in [0.2, 0.25) is 0 Å². The maximum absolute atomic E-state index is 13.6. The van der Waals surface area contributed by atoms with Gasteiger partial charge in [-0.25, -0.2) is 4.99 Å². The van der Waals surface area contributed by atoms with E-state index in [-0.39, 0.29) is 17.1 Å². The second-order valence-electron chi connectivity index (χ2n) is 6.68. The number of halogens is 3. The van der Waals surface area contributed by atoms with Crippen molar-refractivity contribution in [1.29, 1.82) is 0 Å². The Kier molecular flexibility index (Phi) is 7.08. The summed E-state index contributed by atoms with van der Waals surface area (Å²) < 4.78 is 40.9. The highest BCUT2D eigenvalue weighted by molar-refractivity contribution is 6.00. The number of piperazine rings is 1. The Balaban J connectivity index is 1.79. The van der Waals surface area contributed by atoms with E-state index in [2.05, 4.69) is 20.5 Å². The number of anilines is 1. The molecule has 3 rings (SSSR count). The van der Waals surface area contributed by atoms with Crippen LogP contribution >= 0.6 is 0 Å². The number of alkyl halides is 3. The van der Waals surface area contributed by atoms with Gasteiger partial charge in [0.2, 0.25) is 0 Å². The summed E-state index contributed by atoms with van der Waals surface area (Å²) in [4.78, 5) is 6.38. The molecule has 2 aromatic rings. The van der Waals surface area contributed by atoms with Crippen molar-refractivity contribution in [2.45, 2.75) is 6.18 Å². The Morgan fingerprint density at radius 2 is 1.83 bits per heavy atom. The molecule has 1 fully saturated rings. The van der Waals surface area contributed by atoms with E-state index in [0.29, 0.717) is 18.8 Å². The lowest BCUT2D eigenvalue weighted by Gasteiger charge is -2.27. The van der Waals surface area contributed by atoms with Gasteiger partial charge in [-0.2, -0.15) is 13.2 Å². The first-order valence-corrected chi connectivity index (χ1v) is 9.40. The van der Waals surface area contributed by atoms with E-state index in [4.69, 9.17) is 0 Å². The van der Waals surface area contributed by atoms with Crippen LogP contribution < -0.4 is 16.1 Å². The van der Waals surface area contributed by atoms with Crippen molar-refractivity contribution >= 4 is 17.2 Å². The molecule has 0 atom stereocenters. The quantitative estimate of drug-likeness (QED) is 0.337. The van der Waals surface area contributed by atoms with Crippen molar-refractivity contribution in [3.05, 3.63) is 59.7 Å². The number of amidine groups is 1. The predicted octanol–water partition coefficient (Wildman–Crippen LogP) is 3.08. The third-order valence-corrected chi connectivity index (χ3v) is 4.65. The fourth-order valence-corrected chi connectivity index (χ4v) is 3.15. The van der Waals surface area contributed by atoms with E-state index in [9.17, 15) is 18.4 Å². The maximum Gasteiger partial charge on any atom is 0.418 e. The zero-order valence-electron chi connectivity index (χ0n) is 15.8. The number of nitrogens with one attached hydrogen (secondary N) is 3. The lowest BCUT2D eigenvalue weighted by molar-refractivity contribution is -0.137. The molecule has 0 saturated carbocycles. The Morgan fingerprint density at radius 3 is 2.48 bits per heavy atom. The number of aliphatic imine (C=N–C) groups is 1. The van der Waals surface area contributed by atoms with Gasteiger partial charge in [0.05, 0.1) is 11.3 Å². The van der Waals surface area contributed by atoms with Crippen molar-refractivity contribution in [2.24, 2.45) is 4.99 Å². The van der Waals surface area contributed by atoms with E-state index < -0.39 is 11.7 Å². The molecule has 0 aromatic heterocycles. The van der Waals surface area contributed by atoms with Crippen molar-refractivity contribution in [3.8, 4) is 0 Å². The van der Waals surface area contributed by atoms with Gasteiger partial charge in [-0.05, 0) is 30.3 Å². The molecule has 1 saturated heterocycles. The van der Waals surface area contributed by atoms with Crippen LogP contribution in [0.3, 0.4) is 0 Å². The van der Waals surface area contributed by atoms with E-state index in [0.717, 1.165) is 32.2 Å². The van der Waals surface area contributed by atoms with Crippen LogP contribution in [-0.4, -0.2) is 55.2 Å². The van der Waals surface area contributed by atoms with Crippen molar-refractivity contribution in [1.82, 2.24) is 15.7 Å². The molecule has 0 unspecified atom stereocenters. The number of hydrogen-bond donors (Lipinski definition) is 4. The summed E-state index contributed by atoms with van der Waals surface area (Å²) in [5, 5.41) is 15.5. The summed E-state index contributed by atoms with van der Waals surface area (Å²) >= 11 is 0. The molecular formula is C20H24F3N5O. The summed E-state index contributed by atoms with van der Waals surface area (Å²) in [5.74, 6) is -0.0610. The van der Waals surface area contributed by atoms with E-state index in [1.807, 2.05) is 5.48 Å². The number of para-hydroxylation sites is 1. The van der Waals surface area contributed by atoms with Crippen LogP contribution in [0.1, 0.15) is 11.1 Å². The predicted molar refractivity (Wildman–Crippen MR) is 107 cm³/mol. The third kappa shape index (κ3) is 5.93. The van der Waals surface area contributed by atoms with Crippen molar-refractivity contribution < 1.29 is 18.4 Å². The standard InChI is InChI=1S/C20H24F3N5O/c21-20(22,23)17-14-15(19(27-29)26-16-4-2-1-3-5-16)6-7-18(17)25-10-13-28-11-8-24-9-12-28/h1-7,14,24-25,29H,8-13H2,(H,26,27). The molecule has 0 aliphatic carbocycles. The largest absolute Gasteiger partial charge is 0.418 e. The minimum Gasteiger partial charge on any atom is -0.383 e. The lowest BCUT2D eigenvalue weighted by atomic mass is 10.1. The highest BCUT2D eigenvalue weighted by atomic mass is 19.4. The molecule has 0 radical (unpaired) electrons. The number of rotatable bonds is 6. The van der Waals surface area contributed by atoms with Gasteiger partial charge in [0.25, 0.3) is 0 Å². The smallest absolute Gasteiger partial charge is 0.383 e. The van der Waals surface area contributed by atoms with Gasteiger partial charge in [0.15, 0.2) is 5.84 Å². The molecule has 6 nitrogen and oxygen atoms in total. The topological polar surface area (TPSA) is 71.9 Å². The van der Waals surface area contributed by atoms with E-state index in [1.165, 1.54) is 12.1 Å². The summed E-state index contributed by atoms with van der Waals surface area (Å²) in [6.07, 6.45) is -4.54. The van der Waals surface area contributed by atoms with Gasteiger partial charge in [-0.3, -0.25) is 15.6 Å². The summed E-state index contributed by atoms with van der Waals surface area (Å²) in [5.41, 5.74) is 1.75. The van der Waals surface area contributed by atoms with Gasteiger partial charge in [0.1, 0.15) is 0 Å². The minimum atomic E-state index is -4.54. The Bertz CT molecular complexity index is 821. The van der Waals surface area contributed by atoms with E-state index in [1.54, 1.807) is 30.3 Å². The monoisotopic (exact) mass is 407 g/mol. The molecule has 29 heavy (non-hydrogen) atoms. The normalized spacial score (nSPS) is 15.9. The molecule has 0 spiro atoms. The molecular weight excluding hydrogens is 383 g/mol. The van der Waals surface area contributed by atoms with Crippen LogP contribution in [0.5, 0.6) is 0 Å². The lowest BCUT2D eigenvalue weighted by Crippen LogP contribution is -2.45. The Morgan fingerprint density at radius 1 is 1.10 bits per heavy atom. The van der Waals surface area contributed by atoms with Crippen molar-refractivity contribution in [2.75, 3.05) is 44.6 Å². The number of hydroxylamine groups is 1. The Labute approximate surface area is 167 Å². The van der Waals surface area contributed by atoms with Crippen LogP contribution in [0, 0.1) is 0 Å². The highest BCUT2D eigenvalue weighted by Crippen LogP contribution is 2.35. The first kappa shape index (κ1) is 21.1. The average molecular weight is 407 g/mol. The highest BCUT2D eigenvalue weighted by Gasteiger charge is 2.34. The van der Waals surface area contributed by atoms with Gasteiger partial charge in [-0.1, -0.05) is 18.2 Å². The Hall–Kier alpha value is -2.62. The van der Waals surface area contributed by atoms with Crippen LogP contribution in [0.25, 0.3) is 0 Å². The van der Waals surface area contributed by atoms with Gasteiger partial charge < -0.3 is 10.6 Å². The molecule has 1 aliphatic heterocycles. The minimum absolute atomic E-state index is 0.00776. The first-order valence-electron chi connectivity index (χ1n) is 9.40. The zero-order chi connectivity index (χ0) is 20.7. The van der Waals surface area contributed by atoms with E-state index >= 15 is 0 Å². The van der Waals surface area contributed by atoms with Crippen LogP contribution in [-0.2, 0) is 6.18 Å². The fraction of sp³-hybridized carbons (Fsp3) is 0.350. The molecule has 156 valence electrons. The number of hydrogen-bond acceptors (Lipinski definition) is 5. The summed E-state index contributed by atoms with van der Waals surface area (Å²) in [6.45, 7) is 4.62. The van der Waals surface area contributed by atoms with Gasteiger partial charge >= 0.3 is 6.18 Å². The third-order valence-electron chi connectivity index (χ3n) is 4.65. The average Bonchev–Trinajstić information content (AvgIpc) is 2.73. The zero-order valence-corrected chi connectivity index (χ0v) is 15.8. The van der Waals surface area contributed by atoms with Crippen LogP contribution in [0.15, 0.2) is 53.5 Å². The molecule has 0 amide bonds. The molecule has 2 aromatic carbocycles. The molecule has 1 heterocycles. The molecule has 1 aliphatic rings. The maximum atomic E-state index is 13.6. The van der Waals surface area contributed by atoms with Gasteiger partial charge in [-0.15, -0.1) is 0 Å². The molecule has 4 N–H and O–H groups in total. The molecule has 9 heteroatoms. The van der Waals surface area contributed by atoms with Gasteiger partial charge in [0, 0.05) is 50.5 Å². The second-order valence-corrected chi connectivity index (χ2v) is 6.68. The first-order chi connectivity index (χ1) is 14.0. The SMILES string of the molecule is ONC(=Nc1ccccc1)c1ccc(NCCN2CCNCC2)c(C(F)(F)F)c1. The fourth-order valence-electron chi connectivity index (χ4n) is 3.15. The second kappa shape index (κ2) is 9.73. The van der Waals surface area contributed by atoms with Crippen molar-refractivity contribution in [3.63, 3.8) is 0 Å². The number of benzene rings is 2. The van der Waals surface area contributed by atoms with Crippen LogP contribution in [0.4, 0.5) is 24.5 Å². The molecule has 0 bridgehead atoms. The summed E-state index contributed by atoms with van der Waals surface area (Å²) in [7, 11) is 0.